The van der Waals surface area contributed by atoms with Gasteiger partial charge in [-0.3, -0.25) is 10.1 Å². The third-order valence-corrected chi connectivity index (χ3v) is 3.65. The lowest BCUT2D eigenvalue weighted by Gasteiger charge is -2.25. The molecule has 21 heavy (non-hydrogen) atoms. The number of amides is 1. The standard InChI is InChI=1S/C15H15ClN4O/c1-9-6-13(16)19-15(18-9)20-14(21)12-7-10-4-2-3-5-11(10)8-17-12/h2-6,12,17H,7-8H2,1H3,(H,18,19,20,21). The molecule has 1 aliphatic heterocycles. The van der Waals surface area contributed by atoms with E-state index in [9.17, 15) is 4.79 Å². The Morgan fingerprint density at radius 3 is 2.86 bits per heavy atom. The first kappa shape index (κ1) is 14.0. The number of nitrogens with one attached hydrogen (secondary N) is 2. The number of halogens is 1. The first-order valence-corrected chi connectivity index (χ1v) is 7.12. The van der Waals surface area contributed by atoms with Crippen LogP contribution in [-0.4, -0.2) is 21.9 Å². The van der Waals surface area contributed by atoms with Gasteiger partial charge in [-0.05, 0) is 30.5 Å². The highest BCUT2D eigenvalue weighted by Gasteiger charge is 2.24. The van der Waals surface area contributed by atoms with Gasteiger partial charge in [0.25, 0.3) is 0 Å². The van der Waals surface area contributed by atoms with Crippen molar-refractivity contribution in [2.75, 3.05) is 5.32 Å². The van der Waals surface area contributed by atoms with E-state index in [0.29, 0.717) is 23.8 Å². The minimum Gasteiger partial charge on any atom is -0.301 e. The van der Waals surface area contributed by atoms with Crippen LogP contribution in [0, 0.1) is 6.92 Å². The molecule has 1 unspecified atom stereocenters. The zero-order valence-corrected chi connectivity index (χ0v) is 12.3. The molecule has 2 heterocycles. The summed E-state index contributed by atoms with van der Waals surface area (Å²) in [6.45, 7) is 2.49. The highest BCUT2D eigenvalue weighted by Crippen LogP contribution is 2.17. The van der Waals surface area contributed by atoms with Gasteiger partial charge in [-0.25, -0.2) is 9.97 Å². The molecular weight excluding hydrogens is 288 g/mol. The number of aromatic nitrogens is 2. The summed E-state index contributed by atoms with van der Waals surface area (Å²) in [5, 5.41) is 6.26. The minimum absolute atomic E-state index is 0.147. The van der Waals surface area contributed by atoms with E-state index in [1.807, 2.05) is 12.1 Å². The number of carbonyl (C=O) groups excluding carboxylic acids is 1. The van der Waals surface area contributed by atoms with Crippen molar-refractivity contribution in [3.8, 4) is 0 Å². The van der Waals surface area contributed by atoms with Crippen LogP contribution < -0.4 is 10.6 Å². The number of aryl methyl sites for hydroxylation is 1. The van der Waals surface area contributed by atoms with Crippen LogP contribution in [0.2, 0.25) is 5.15 Å². The molecule has 0 aliphatic carbocycles. The molecule has 0 bridgehead atoms. The number of fused-ring (bicyclic) bond motifs is 1. The number of carbonyl (C=O) groups is 1. The molecule has 5 nitrogen and oxygen atoms in total. The molecule has 0 spiro atoms. The van der Waals surface area contributed by atoms with Crippen LogP contribution in [0.4, 0.5) is 5.95 Å². The van der Waals surface area contributed by atoms with Gasteiger partial charge >= 0.3 is 0 Å². The van der Waals surface area contributed by atoms with Crippen LogP contribution in [0.5, 0.6) is 0 Å². The van der Waals surface area contributed by atoms with E-state index in [-0.39, 0.29) is 17.9 Å². The first-order chi connectivity index (χ1) is 10.1. The number of rotatable bonds is 2. The Morgan fingerprint density at radius 1 is 1.33 bits per heavy atom. The number of benzene rings is 1. The van der Waals surface area contributed by atoms with Crippen molar-refractivity contribution >= 4 is 23.5 Å². The summed E-state index contributed by atoms with van der Waals surface area (Å²) >= 11 is 5.87. The Hall–Kier alpha value is -1.98. The van der Waals surface area contributed by atoms with Crippen LogP contribution in [0.25, 0.3) is 0 Å². The molecule has 2 N–H and O–H groups in total. The molecule has 1 aromatic carbocycles. The molecule has 3 rings (SSSR count). The van der Waals surface area contributed by atoms with Gasteiger partial charge in [0.2, 0.25) is 11.9 Å². The van der Waals surface area contributed by atoms with E-state index < -0.39 is 0 Å². The summed E-state index contributed by atoms with van der Waals surface area (Å²) in [6.07, 6.45) is 0.654. The second kappa shape index (κ2) is 5.79. The molecule has 0 saturated carbocycles. The van der Waals surface area contributed by atoms with Crippen molar-refractivity contribution in [2.24, 2.45) is 0 Å². The fourth-order valence-electron chi connectivity index (χ4n) is 2.42. The Bertz CT molecular complexity index is 669. The quantitative estimate of drug-likeness (QED) is 0.834. The van der Waals surface area contributed by atoms with Crippen molar-refractivity contribution in [1.29, 1.82) is 0 Å². The SMILES string of the molecule is Cc1cc(Cl)nc(NC(=O)C2Cc3ccccc3CN2)n1. The van der Waals surface area contributed by atoms with Gasteiger partial charge in [0.1, 0.15) is 5.15 Å². The van der Waals surface area contributed by atoms with Gasteiger partial charge in [0.15, 0.2) is 0 Å². The molecule has 108 valence electrons. The number of nitrogens with zero attached hydrogens (tertiary/aromatic N) is 2. The van der Waals surface area contributed by atoms with E-state index in [1.54, 1.807) is 13.0 Å². The molecule has 2 aromatic rings. The lowest BCUT2D eigenvalue weighted by Crippen LogP contribution is -2.44. The lowest BCUT2D eigenvalue weighted by atomic mass is 9.95. The monoisotopic (exact) mass is 302 g/mol. The molecule has 1 amide bonds. The summed E-state index contributed by atoms with van der Waals surface area (Å²) in [5.41, 5.74) is 3.14. The summed E-state index contributed by atoms with van der Waals surface area (Å²) < 4.78 is 0. The van der Waals surface area contributed by atoms with E-state index in [0.717, 1.165) is 0 Å². The van der Waals surface area contributed by atoms with Crippen LogP contribution in [0.15, 0.2) is 30.3 Å². The average molecular weight is 303 g/mol. The van der Waals surface area contributed by atoms with Gasteiger partial charge in [-0.1, -0.05) is 35.9 Å². The second-order valence-corrected chi connectivity index (χ2v) is 5.44. The molecule has 1 atom stereocenters. The highest BCUT2D eigenvalue weighted by atomic mass is 35.5. The third-order valence-electron chi connectivity index (χ3n) is 3.46. The van der Waals surface area contributed by atoms with Gasteiger partial charge in [0, 0.05) is 12.2 Å². The first-order valence-electron chi connectivity index (χ1n) is 6.74. The Balaban J connectivity index is 1.72. The van der Waals surface area contributed by atoms with E-state index >= 15 is 0 Å². The molecule has 6 heteroatoms. The fourth-order valence-corrected chi connectivity index (χ4v) is 2.66. The van der Waals surface area contributed by atoms with Gasteiger partial charge in [-0.2, -0.15) is 0 Å². The lowest BCUT2D eigenvalue weighted by molar-refractivity contribution is -0.118. The van der Waals surface area contributed by atoms with Crippen molar-refractivity contribution in [1.82, 2.24) is 15.3 Å². The topological polar surface area (TPSA) is 66.9 Å². The van der Waals surface area contributed by atoms with Gasteiger partial charge in [0.05, 0.1) is 6.04 Å². The van der Waals surface area contributed by atoms with Crippen molar-refractivity contribution < 1.29 is 4.79 Å². The number of hydrogen-bond acceptors (Lipinski definition) is 4. The maximum atomic E-state index is 12.3. The summed E-state index contributed by atoms with van der Waals surface area (Å²) in [7, 11) is 0. The van der Waals surface area contributed by atoms with E-state index in [2.05, 4.69) is 32.7 Å². The number of anilines is 1. The molecule has 0 saturated heterocycles. The maximum Gasteiger partial charge on any atom is 0.244 e. The Morgan fingerprint density at radius 2 is 2.10 bits per heavy atom. The van der Waals surface area contributed by atoms with Crippen LogP contribution in [0.3, 0.4) is 0 Å². The zero-order valence-electron chi connectivity index (χ0n) is 11.6. The second-order valence-electron chi connectivity index (χ2n) is 5.05. The normalized spacial score (nSPS) is 17.1. The predicted molar refractivity (Wildman–Crippen MR) is 81.2 cm³/mol. The van der Waals surface area contributed by atoms with Crippen LogP contribution in [0.1, 0.15) is 16.8 Å². The molecule has 1 aromatic heterocycles. The number of hydrogen-bond donors (Lipinski definition) is 2. The summed E-state index contributed by atoms with van der Waals surface area (Å²) in [4.78, 5) is 20.5. The molecule has 1 aliphatic rings. The molecule has 0 fully saturated rings. The van der Waals surface area contributed by atoms with Crippen LogP contribution >= 0.6 is 11.6 Å². The Kier molecular flexibility index (Phi) is 3.86. The third kappa shape index (κ3) is 3.20. The van der Waals surface area contributed by atoms with Gasteiger partial charge in [-0.15, -0.1) is 0 Å². The molecule has 0 radical (unpaired) electrons. The summed E-state index contributed by atoms with van der Waals surface area (Å²) in [6, 6.07) is 9.47. The highest BCUT2D eigenvalue weighted by molar-refractivity contribution is 6.29. The summed E-state index contributed by atoms with van der Waals surface area (Å²) in [5.74, 6) is 0.0943. The van der Waals surface area contributed by atoms with E-state index in [4.69, 9.17) is 11.6 Å². The van der Waals surface area contributed by atoms with Crippen molar-refractivity contribution in [2.45, 2.75) is 25.9 Å². The van der Waals surface area contributed by atoms with Crippen molar-refractivity contribution in [3.05, 3.63) is 52.3 Å². The average Bonchev–Trinajstić information content (AvgIpc) is 2.45. The van der Waals surface area contributed by atoms with Crippen LogP contribution in [-0.2, 0) is 17.8 Å². The molecular formula is C15H15ClN4O. The van der Waals surface area contributed by atoms with Crippen molar-refractivity contribution in [3.63, 3.8) is 0 Å². The van der Waals surface area contributed by atoms with Gasteiger partial charge < -0.3 is 5.32 Å². The maximum absolute atomic E-state index is 12.3. The predicted octanol–water partition coefficient (Wildman–Crippen LogP) is 2.09. The zero-order chi connectivity index (χ0) is 14.8. The fraction of sp³-hybridized carbons (Fsp3) is 0.267. The smallest absolute Gasteiger partial charge is 0.244 e. The van der Waals surface area contributed by atoms with E-state index in [1.165, 1.54) is 11.1 Å². The largest absolute Gasteiger partial charge is 0.301 e. The minimum atomic E-state index is -0.289. The Labute approximate surface area is 127 Å².